The van der Waals surface area contributed by atoms with Gasteiger partial charge in [0.15, 0.2) is 5.82 Å². The molecule has 0 atom stereocenters. The van der Waals surface area contributed by atoms with Gasteiger partial charge in [0.2, 0.25) is 0 Å². The first-order chi connectivity index (χ1) is 11.3. The van der Waals surface area contributed by atoms with Crippen molar-refractivity contribution in [2.75, 3.05) is 24.6 Å². The van der Waals surface area contributed by atoms with E-state index < -0.39 is 0 Å². The van der Waals surface area contributed by atoms with Crippen LogP contribution in [0, 0.1) is 0 Å². The van der Waals surface area contributed by atoms with Crippen LogP contribution in [0.1, 0.15) is 36.5 Å². The zero-order valence-corrected chi connectivity index (χ0v) is 13.2. The lowest BCUT2D eigenvalue weighted by Crippen LogP contribution is -2.32. The van der Waals surface area contributed by atoms with Crippen LogP contribution in [0.25, 0.3) is 11.4 Å². The van der Waals surface area contributed by atoms with Crippen molar-refractivity contribution in [3.05, 3.63) is 36.3 Å². The molecule has 1 fully saturated rings. The summed E-state index contributed by atoms with van der Waals surface area (Å²) in [6.07, 6.45) is 8.42. The summed E-state index contributed by atoms with van der Waals surface area (Å²) in [7, 11) is 0. The molecular formula is C17H20N4O2. The minimum absolute atomic E-state index is 0.336. The number of hydrogen-bond donors (Lipinski definition) is 0. The summed E-state index contributed by atoms with van der Waals surface area (Å²) < 4.78 is 5.15. The van der Waals surface area contributed by atoms with Gasteiger partial charge in [-0.15, -0.1) is 0 Å². The number of esters is 1. The SMILES string of the molecule is CCOC(=O)c1cnc(-c2cccnc2)nc1N1CCCCC1. The van der Waals surface area contributed by atoms with Crippen LogP contribution in [0.5, 0.6) is 0 Å². The van der Waals surface area contributed by atoms with Gasteiger partial charge in [-0.05, 0) is 38.3 Å². The summed E-state index contributed by atoms with van der Waals surface area (Å²) in [5.41, 5.74) is 1.27. The Bertz CT molecular complexity index is 670. The molecule has 23 heavy (non-hydrogen) atoms. The van der Waals surface area contributed by atoms with E-state index in [1.807, 2.05) is 12.1 Å². The molecule has 1 aliphatic heterocycles. The third kappa shape index (κ3) is 3.47. The van der Waals surface area contributed by atoms with Gasteiger partial charge >= 0.3 is 5.97 Å². The predicted molar refractivity (Wildman–Crippen MR) is 87.3 cm³/mol. The molecule has 6 nitrogen and oxygen atoms in total. The largest absolute Gasteiger partial charge is 0.462 e. The zero-order valence-electron chi connectivity index (χ0n) is 13.2. The molecule has 0 unspecified atom stereocenters. The van der Waals surface area contributed by atoms with Gasteiger partial charge in [-0.3, -0.25) is 4.98 Å². The second-order valence-corrected chi connectivity index (χ2v) is 5.44. The Morgan fingerprint density at radius 2 is 2.09 bits per heavy atom. The van der Waals surface area contributed by atoms with Crippen molar-refractivity contribution in [3.8, 4) is 11.4 Å². The zero-order chi connectivity index (χ0) is 16.1. The molecule has 0 aromatic carbocycles. The minimum Gasteiger partial charge on any atom is -0.462 e. The first kappa shape index (κ1) is 15.4. The van der Waals surface area contributed by atoms with Crippen molar-refractivity contribution >= 4 is 11.8 Å². The van der Waals surface area contributed by atoms with E-state index in [4.69, 9.17) is 4.74 Å². The third-order valence-corrected chi connectivity index (χ3v) is 3.84. The number of ether oxygens (including phenoxy) is 1. The maximum Gasteiger partial charge on any atom is 0.343 e. The fourth-order valence-corrected chi connectivity index (χ4v) is 2.71. The van der Waals surface area contributed by atoms with Crippen LogP contribution >= 0.6 is 0 Å². The highest BCUT2D eigenvalue weighted by Crippen LogP contribution is 2.25. The lowest BCUT2D eigenvalue weighted by atomic mass is 10.1. The Morgan fingerprint density at radius 3 is 2.78 bits per heavy atom. The van der Waals surface area contributed by atoms with Gasteiger partial charge < -0.3 is 9.64 Å². The highest BCUT2D eigenvalue weighted by atomic mass is 16.5. The summed E-state index contributed by atoms with van der Waals surface area (Å²) in [5, 5.41) is 0. The Labute approximate surface area is 135 Å². The lowest BCUT2D eigenvalue weighted by Gasteiger charge is -2.29. The van der Waals surface area contributed by atoms with Gasteiger partial charge in [0.1, 0.15) is 11.4 Å². The van der Waals surface area contributed by atoms with Crippen molar-refractivity contribution in [3.63, 3.8) is 0 Å². The van der Waals surface area contributed by atoms with Crippen LogP contribution in [-0.4, -0.2) is 40.6 Å². The Hall–Kier alpha value is -2.50. The number of carbonyl (C=O) groups is 1. The molecule has 0 amide bonds. The summed E-state index contributed by atoms with van der Waals surface area (Å²) >= 11 is 0. The number of piperidine rings is 1. The van der Waals surface area contributed by atoms with Crippen molar-refractivity contribution in [1.29, 1.82) is 0 Å². The van der Waals surface area contributed by atoms with E-state index in [-0.39, 0.29) is 5.97 Å². The molecule has 3 rings (SSSR count). The molecule has 0 saturated carbocycles. The van der Waals surface area contributed by atoms with Crippen molar-refractivity contribution in [1.82, 2.24) is 15.0 Å². The number of pyridine rings is 1. The van der Waals surface area contributed by atoms with E-state index in [9.17, 15) is 4.79 Å². The fraction of sp³-hybridized carbons (Fsp3) is 0.412. The minimum atomic E-state index is -0.370. The maximum absolute atomic E-state index is 12.2. The van der Waals surface area contributed by atoms with Crippen LogP contribution in [0.4, 0.5) is 5.82 Å². The Kier molecular flexibility index (Phi) is 4.80. The average Bonchev–Trinajstić information content (AvgIpc) is 2.63. The first-order valence-corrected chi connectivity index (χ1v) is 7.99. The molecule has 0 N–H and O–H groups in total. The normalized spacial score (nSPS) is 14.6. The number of anilines is 1. The van der Waals surface area contributed by atoms with Crippen molar-refractivity contribution in [2.24, 2.45) is 0 Å². The van der Waals surface area contributed by atoms with Crippen LogP contribution in [0.2, 0.25) is 0 Å². The predicted octanol–water partition coefficient (Wildman–Crippen LogP) is 2.71. The van der Waals surface area contributed by atoms with E-state index in [0.29, 0.717) is 23.8 Å². The van der Waals surface area contributed by atoms with Crippen LogP contribution < -0.4 is 4.90 Å². The van der Waals surface area contributed by atoms with E-state index in [2.05, 4.69) is 19.9 Å². The molecule has 3 heterocycles. The second-order valence-electron chi connectivity index (χ2n) is 5.44. The van der Waals surface area contributed by atoms with E-state index in [1.165, 1.54) is 6.42 Å². The summed E-state index contributed by atoms with van der Waals surface area (Å²) in [4.78, 5) is 27.4. The highest BCUT2D eigenvalue weighted by Gasteiger charge is 2.22. The molecular weight excluding hydrogens is 292 g/mol. The second kappa shape index (κ2) is 7.17. The molecule has 0 radical (unpaired) electrons. The van der Waals surface area contributed by atoms with Gasteiger partial charge in [-0.1, -0.05) is 0 Å². The van der Waals surface area contributed by atoms with Gasteiger partial charge in [-0.25, -0.2) is 14.8 Å². The van der Waals surface area contributed by atoms with Crippen molar-refractivity contribution in [2.45, 2.75) is 26.2 Å². The summed E-state index contributed by atoms with van der Waals surface area (Å²) in [5.74, 6) is 0.870. The van der Waals surface area contributed by atoms with Gasteiger partial charge in [-0.2, -0.15) is 0 Å². The third-order valence-electron chi connectivity index (χ3n) is 3.84. The fourth-order valence-electron chi connectivity index (χ4n) is 2.71. The Morgan fingerprint density at radius 1 is 1.26 bits per heavy atom. The molecule has 1 saturated heterocycles. The molecule has 1 aliphatic rings. The van der Waals surface area contributed by atoms with Gasteiger partial charge in [0.05, 0.1) is 6.61 Å². The molecule has 120 valence electrons. The molecule has 0 bridgehead atoms. The number of hydrogen-bond acceptors (Lipinski definition) is 6. The van der Waals surface area contributed by atoms with Crippen molar-refractivity contribution < 1.29 is 9.53 Å². The van der Waals surface area contributed by atoms with E-state index in [1.54, 1.807) is 25.5 Å². The number of rotatable bonds is 4. The highest BCUT2D eigenvalue weighted by molar-refractivity contribution is 5.94. The van der Waals surface area contributed by atoms with Crippen LogP contribution in [-0.2, 0) is 4.74 Å². The lowest BCUT2D eigenvalue weighted by molar-refractivity contribution is 0.0526. The number of aromatic nitrogens is 3. The maximum atomic E-state index is 12.2. The summed E-state index contributed by atoms with van der Waals surface area (Å²) in [6.45, 7) is 3.93. The molecule has 6 heteroatoms. The molecule has 0 aliphatic carbocycles. The average molecular weight is 312 g/mol. The number of carbonyl (C=O) groups excluding carboxylic acids is 1. The quantitative estimate of drug-likeness (QED) is 0.809. The summed E-state index contributed by atoms with van der Waals surface area (Å²) in [6, 6.07) is 3.75. The Balaban J connectivity index is 2.01. The van der Waals surface area contributed by atoms with E-state index >= 15 is 0 Å². The molecule has 0 spiro atoms. The standard InChI is InChI=1S/C17H20N4O2/c1-2-23-17(22)14-12-19-15(13-7-6-8-18-11-13)20-16(14)21-9-4-3-5-10-21/h6-8,11-12H,2-5,9-10H2,1H3. The first-order valence-electron chi connectivity index (χ1n) is 7.99. The van der Waals surface area contributed by atoms with Gasteiger partial charge in [0, 0.05) is 37.2 Å². The number of nitrogens with zero attached hydrogens (tertiary/aromatic N) is 4. The topological polar surface area (TPSA) is 68.2 Å². The monoisotopic (exact) mass is 312 g/mol. The molecule has 2 aromatic heterocycles. The van der Waals surface area contributed by atoms with E-state index in [0.717, 1.165) is 31.5 Å². The van der Waals surface area contributed by atoms with Crippen LogP contribution in [0.15, 0.2) is 30.7 Å². The van der Waals surface area contributed by atoms with Crippen LogP contribution in [0.3, 0.4) is 0 Å². The molecule has 2 aromatic rings. The van der Waals surface area contributed by atoms with Gasteiger partial charge in [0.25, 0.3) is 0 Å². The smallest absolute Gasteiger partial charge is 0.343 e.